The molecule has 0 heterocycles. The van der Waals surface area contributed by atoms with E-state index in [9.17, 15) is 28.0 Å². The van der Waals surface area contributed by atoms with Crippen molar-refractivity contribution in [2.75, 3.05) is 5.06 Å². The highest BCUT2D eigenvalue weighted by Crippen LogP contribution is 2.32. The normalized spacial score (nSPS) is 12.5. The fourth-order valence-corrected chi connectivity index (χ4v) is 2.14. The van der Waals surface area contributed by atoms with E-state index in [2.05, 4.69) is 0 Å². The highest BCUT2D eigenvalue weighted by molar-refractivity contribution is 6.10. The van der Waals surface area contributed by atoms with Crippen LogP contribution in [0.25, 0.3) is 0 Å². The molecule has 3 N–H and O–H groups in total. The molecule has 2 rings (SSSR count). The lowest BCUT2D eigenvalue weighted by Crippen LogP contribution is -2.38. The van der Waals surface area contributed by atoms with Crippen LogP contribution in [0.15, 0.2) is 54.6 Å². The summed E-state index contributed by atoms with van der Waals surface area (Å²) in [6, 6.07) is 11.2. The van der Waals surface area contributed by atoms with Gasteiger partial charge in [-0.05, 0) is 23.8 Å². The minimum atomic E-state index is -4.64. The summed E-state index contributed by atoms with van der Waals surface area (Å²) in [5, 5.41) is 9.97. The first-order chi connectivity index (χ1) is 11.2. The number of nitrogens with zero attached hydrogens (tertiary/aromatic N) is 1. The highest BCUT2D eigenvalue weighted by Gasteiger charge is 2.34. The van der Waals surface area contributed by atoms with Crippen molar-refractivity contribution in [1.29, 1.82) is 0 Å². The zero-order valence-electron chi connectivity index (χ0n) is 12.2. The van der Waals surface area contributed by atoms with Crippen molar-refractivity contribution in [3.63, 3.8) is 0 Å². The Hall–Kier alpha value is -2.87. The molecule has 0 aromatic heterocycles. The first kappa shape index (κ1) is 17.5. The third-order valence-corrected chi connectivity index (χ3v) is 3.29. The van der Waals surface area contributed by atoms with Gasteiger partial charge in [-0.3, -0.25) is 14.8 Å². The number of primary amides is 1. The van der Waals surface area contributed by atoms with Crippen molar-refractivity contribution in [2.45, 2.75) is 12.1 Å². The Kier molecular flexibility index (Phi) is 4.89. The molecule has 24 heavy (non-hydrogen) atoms. The first-order valence-electron chi connectivity index (χ1n) is 6.76. The molecule has 0 saturated carbocycles. The third kappa shape index (κ3) is 3.72. The molecule has 0 radical (unpaired) electrons. The Morgan fingerprint density at radius 2 is 1.67 bits per heavy atom. The molecule has 2 aromatic rings. The van der Waals surface area contributed by atoms with E-state index in [4.69, 9.17) is 5.73 Å². The molecule has 126 valence electrons. The Labute approximate surface area is 135 Å². The zero-order valence-corrected chi connectivity index (χ0v) is 12.2. The van der Waals surface area contributed by atoms with Gasteiger partial charge in [-0.1, -0.05) is 36.4 Å². The summed E-state index contributed by atoms with van der Waals surface area (Å²) >= 11 is 0. The Bertz CT molecular complexity index is 748. The molecule has 1 atom stereocenters. The minimum absolute atomic E-state index is 0.00231. The van der Waals surface area contributed by atoms with Gasteiger partial charge < -0.3 is 5.73 Å². The topological polar surface area (TPSA) is 83.6 Å². The van der Waals surface area contributed by atoms with Gasteiger partial charge in [0.1, 0.15) is 5.92 Å². The van der Waals surface area contributed by atoms with Gasteiger partial charge in [0.2, 0.25) is 5.91 Å². The van der Waals surface area contributed by atoms with Gasteiger partial charge in [0.15, 0.2) is 0 Å². The SMILES string of the molecule is NC(=O)C(C(=O)N(O)c1cccc(C(F)(F)F)c1)c1ccccc1. The second-order valence-electron chi connectivity index (χ2n) is 4.94. The number of hydroxylamine groups is 1. The monoisotopic (exact) mass is 338 g/mol. The van der Waals surface area contributed by atoms with Gasteiger partial charge in [-0.2, -0.15) is 18.2 Å². The molecule has 0 aliphatic heterocycles. The van der Waals surface area contributed by atoms with Crippen LogP contribution in [-0.2, 0) is 15.8 Å². The van der Waals surface area contributed by atoms with E-state index >= 15 is 0 Å². The summed E-state index contributed by atoms with van der Waals surface area (Å²) in [5.41, 5.74) is 3.97. The van der Waals surface area contributed by atoms with E-state index in [1.165, 1.54) is 12.1 Å². The van der Waals surface area contributed by atoms with Crippen molar-refractivity contribution in [3.8, 4) is 0 Å². The molecule has 0 spiro atoms. The number of halogens is 3. The van der Waals surface area contributed by atoms with Gasteiger partial charge >= 0.3 is 6.18 Å². The highest BCUT2D eigenvalue weighted by atomic mass is 19.4. The number of carbonyl (C=O) groups is 2. The average molecular weight is 338 g/mol. The van der Waals surface area contributed by atoms with Crippen LogP contribution in [0.3, 0.4) is 0 Å². The van der Waals surface area contributed by atoms with E-state index < -0.39 is 35.2 Å². The van der Waals surface area contributed by atoms with E-state index in [1.807, 2.05) is 0 Å². The standard InChI is InChI=1S/C16H13F3N2O3/c17-16(18,19)11-7-4-8-12(9-11)21(24)15(23)13(14(20)22)10-5-2-1-3-6-10/h1-9,13,24H,(H2,20,22). The molecule has 2 amide bonds. The molecular weight excluding hydrogens is 325 g/mol. The van der Waals surface area contributed by atoms with Crippen LogP contribution in [0.1, 0.15) is 17.0 Å². The van der Waals surface area contributed by atoms with Crippen LogP contribution in [-0.4, -0.2) is 17.0 Å². The van der Waals surface area contributed by atoms with Crippen LogP contribution < -0.4 is 10.8 Å². The van der Waals surface area contributed by atoms with Gasteiger partial charge in [0.25, 0.3) is 5.91 Å². The molecule has 0 bridgehead atoms. The lowest BCUT2D eigenvalue weighted by Gasteiger charge is -2.21. The lowest BCUT2D eigenvalue weighted by atomic mass is 9.97. The Morgan fingerprint density at radius 3 is 2.21 bits per heavy atom. The second-order valence-corrected chi connectivity index (χ2v) is 4.94. The Morgan fingerprint density at radius 1 is 1.04 bits per heavy atom. The summed E-state index contributed by atoms with van der Waals surface area (Å²) in [7, 11) is 0. The van der Waals surface area contributed by atoms with E-state index in [0.29, 0.717) is 6.07 Å². The maximum Gasteiger partial charge on any atom is 0.416 e. The van der Waals surface area contributed by atoms with Crippen molar-refractivity contribution in [1.82, 2.24) is 0 Å². The summed E-state index contributed by atoms with van der Waals surface area (Å²) in [5.74, 6) is -3.70. The second kappa shape index (κ2) is 6.71. The molecule has 0 fully saturated rings. The number of anilines is 1. The molecule has 0 saturated heterocycles. The van der Waals surface area contributed by atoms with Crippen LogP contribution in [0.2, 0.25) is 0 Å². The van der Waals surface area contributed by atoms with Crippen molar-refractivity contribution >= 4 is 17.5 Å². The summed E-state index contributed by atoms with van der Waals surface area (Å²) in [6.45, 7) is 0. The van der Waals surface area contributed by atoms with Gasteiger partial charge in [-0.25, -0.2) is 0 Å². The number of carbonyl (C=O) groups excluding carboxylic acids is 2. The summed E-state index contributed by atoms with van der Waals surface area (Å²) in [4.78, 5) is 23.9. The molecular formula is C16H13F3N2O3. The number of hydrogen-bond acceptors (Lipinski definition) is 3. The number of rotatable bonds is 4. The van der Waals surface area contributed by atoms with Crippen molar-refractivity contribution in [3.05, 3.63) is 65.7 Å². The Balaban J connectivity index is 2.36. The van der Waals surface area contributed by atoms with Crippen LogP contribution in [0.4, 0.5) is 18.9 Å². The lowest BCUT2D eigenvalue weighted by molar-refractivity contribution is -0.138. The number of benzene rings is 2. The van der Waals surface area contributed by atoms with Gasteiger partial charge in [-0.15, -0.1) is 0 Å². The fraction of sp³-hybridized carbons (Fsp3) is 0.125. The molecule has 8 heteroatoms. The number of amides is 2. The van der Waals surface area contributed by atoms with Crippen LogP contribution >= 0.6 is 0 Å². The van der Waals surface area contributed by atoms with E-state index in [-0.39, 0.29) is 10.6 Å². The van der Waals surface area contributed by atoms with Crippen molar-refractivity contribution < 1.29 is 28.0 Å². The predicted octanol–water partition coefficient (Wildman–Crippen LogP) is 2.70. The van der Waals surface area contributed by atoms with Crippen LogP contribution in [0.5, 0.6) is 0 Å². The predicted molar refractivity (Wildman–Crippen MR) is 79.1 cm³/mol. The average Bonchev–Trinajstić information content (AvgIpc) is 2.54. The van der Waals surface area contributed by atoms with E-state index in [1.54, 1.807) is 18.2 Å². The first-order valence-corrected chi connectivity index (χ1v) is 6.76. The fourth-order valence-electron chi connectivity index (χ4n) is 2.14. The largest absolute Gasteiger partial charge is 0.416 e. The van der Waals surface area contributed by atoms with E-state index in [0.717, 1.165) is 18.2 Å². The van der Waals surface area contributed by atoms with Gasteiger partial charge in [0.05, 0.1) is 11.3 Å². The number of nitrogens with two attached hydrogens (primary N) is 1. The van der Waals surface area contributed by atoms with Crippen molar-refractivity contribution in [2.24, 2.45) is 5.73 Å². The minimum Gasteiger partial charge on any atom is -0.369 e. The molecule has 0 aliphatic rings. The molecule has 0 aliphatic carbocycles. The molecule has 5 nitrogen and oxygen atoms in total. The molecule has 2 aromatic carbocycles. The maximum atomic E-state index is 12.7. The quantitative estimate of drug-likeness (QED) is 0.511. The van der Waals surface area contributed by atoms with Gasteiger partial charge in [0, 0.05) is 0 Å². The summed E-state index contributed by atoms with van der Waals surface area (Å²) in [6.07, 6.45) is -4.64. The molecule has 1 unspecified atom stereocenters. The van der Waals surface area contributed by atoms with Crippen LogP contribution in [0, 0.1) is 0 Å². The third-order valence-electron chi connectivity index (χ3n) is 3.29. The smallest absolute Gasteiger partial charge is 0.369 e. The number of hydrogen-bond donors (Lipinski definition) is 2. The summed E-state index contributed by atoms with van der Waals surface area (Å²) < 4.78 is 38.2. The number of alkyl halides is 3. The maximum absolute atomic E-state index is 12.7. The zero-order chi connectivity index (χ0) is 17.9.